The summed E-state index contributed by atoms with van der Waals surface area (Å²) in [7, 11) is 0. The van der Waals surface area contributed by atoms with Gasteiger partial charge in [-0.3, -0.25) is 0 Å². The number of anilines is 1. The van der Waals surface area contributed by atoms with Crippen LogP contribution < -0.4 is 10.1 Å². The van der Waals surface area contributed by atoms with E-state index in [1.54, 1.807) is 0 Å². The molecule has 88 valence electrons. The monoisotopic (exact) mass is 220 g/mol. The van der Waals surface area contributed by atoms with Crippen LogP contribution in [0.25, 0.3) is 0 Å². The molecule has 0 unspecified atom stereocenters. The SMILES string of the molecule is CCOc1cccnc1NC1CCCCC1. The summed E-state index contributed by atoms with van der Waals surface area (Å²) in [4.78, 5) is 4.36. The lowest BCUT2D eigenvalue weighted by Gasteiger charge is -2.24. The van der Waals surface area contributed by atoms with Crippen LogP contribution >= 0.6 is 0 Å². The summed E-state index contributed by atoms with van der Waals surface area (Å²) in [6, 6.07) is 4.46. The van der Waals surface area contributed by atoms with Crippen LogP contribution in [-0.2, 0) is 0 Å². The Morgan fingerprint density at radius 3 is 2.94 bits per heavy atom. The molecule has 1 aromatic rings. The Morgan fingerprint density at radius 2 is 2.19 bits per heavy atom. The normalized spacial score (nSPS) is 17.1. The Labute approximate surface area is 97.2 Å². The second kappa shape index (κ2) is 5.73. The Bertz CT molecular complexity index is 321. The molecule has 3 heteroatoms. The molecule has 3 nitrogen and oxygen atoms in total. The van der Waals surface area contributed by atoms with Gasteiger partial charge in [0.05, 0.1) is 6.61 Å². The van der Waals surface area contributed by atoms with Crippen LogP contribution in [0, 0.1) is 0 Å². The molecular formula is C13H20N2O. The van der Waals surface area contributed by atoms with Gasteiger partial charge in [-0.15, -0.1) is 0 Å². The minimum atomic E-state index is 0.572. The Morgan fingerprint density at radius 1 is 1.38 bits per heavy atom. The lowest BCUT2D eigenvalue weighted by atomic mass is 9.95. The highest BCUT2D eigenvalue weighted by atomic mass is 16.5. The van der Waals surface area contributed by atoms with E-state index in [2.05, 4.69) is 10.3 Å². The van der Waals surface area contributed by atoms with E-state index in [9.17, 15) is 0 Å². The first-order valence-corrected chi connectivity index (χ1v) is 6.24. The van der Waals surface area contributed by atoms with Crippen LogP contribution in [0.15, 0.2) is 18.3 Å². The summed E-state index contributed by atoms with van der Waals surface area (Å²) in [5.74, 6) is 1.77. The van der Waals surface area contributed by atoms with Crippen molar-refractivity contribution < 1.29 is 4.74 Å². The summed E-state index contributed by atoms with van der Waals surface area (Å²) in [6.45, 7) is 2.68. The zero-order valence-corrected chi connectivity index (χ0v) is 9.91. The summed E-state index contributed by atoms with van der Waals surface area (Å²) in [6.07, 6.45) is 8.35. The third-order valence-electron chi connectivity index (χ3n) is 3.02. The molecule has 0 aromatic carbocycles. The molecule has 16 heavy (non-hydrogen) atoms. The minimum Gasteiger partial charge on any atom is -0.490 e. The van der Waals surface area contributed by atoms with Gasteiger partial charge in [-0.05, 0) is 31.9 Å². The van der Waals surface area contributed by atoms with Gasteiger partial charge in [0.25, 0.3) is 0 Å². The van der Waals surface area contributed by atoms with Crippen LogP contribution in [0.4, 0.5) is 5.82 Å². The van der Waals surface area contributed by atoms with Crippen molar-refractivity contribution in [3.8, 4) is 5.75 Å². The number of nitrogens with one attached hydrogen (secondary N) is 1. The van der Waals surface area contributed by atoms with Gasteiger partial charge in [0.2, 0.25) is 0 Å². The fourth-order valence-corrected chi connectivity index (χ4v) is 2.21. The van der Waals surface area contributed by atoms with E-state index in [4.69, 9.17) is 4.74 Å². The predicted octanol–water partition coefficient (Wildman–Crippen LogP) is 3.22. The smallest absolute Gasteiger partial charge is 0.168 e. The van der Waals surface area contributed by atoms with Gasteiger partial charge < -0.3 is 10.1 Å². The zero-order valence-electron chi connectivity index (χ0n) is 9.91. The third-order valence-corrected chi connectivity index (χ3v) is 3.02. The molecular weight excluding hydrogens is 200 g/mol. The molecule has 1 heterocycles. The summed E-state index contributed by atoms with van der Waals surface area (Å²) in [5.41, 5.74) is 0. The van der Waals surface area contributed by atoms with Crippen LogP contribution in [0.2, 0.25) is 0 Å². The average Bonchev–Trinajstić information content (AvgIpc) is 2.33. The number of pyridine rings is 1. The largest absolute Gasteiger partial charge is 0.490 e. The van der Waals surface area contributed by atoms with Crippen molar-refractivity contribution in [2.24, 2.45) is 0 Å². The first-order chi connectivity index (χ1) is 7.90. The van der Waals surface area contributed by atoms with Gasteiger partial charge >= 0.3 is 0 Å². The van der Waals surface area contributed by atoms with Gasteiger partial charge in [0, 0.05) is 12.2 Å². The fourth-order valence-electron chi connectivity index (χ4n) is 2.21. The average molecular weight is 220 g/mol. The molecule has 0 atom stereocenters. The van der Waals surface area contributed by atoms with E-state index in [0.29, 0.717) is 12.6 Å². The number of aromatic nitrogens is 1. The third kappa shape index (κ3) is 2.87. The molecule has 1 N–H and O–H groups in total. The molecule has 0 bridgehead atoms. The van der Waals surface area contributed by atoms with Crippen molar-refractivity contribution >= 4 is 5.82 Å². The van der Waals surface area contributed by atoms with Crippen molar-refractivity contribution in [1.82, 2.24) is 4.98 Å². The van der Waals surface area contributed by atoms with Crippen LogP contribution in [0.5, 0.6) is 5.75 Å². The van der Waals surface area contributed by atoms with Crippen molar-refractivity contribution in [1.29, 1.82) is 0 Å². The van der Waals surface area contributed by atoms with Gasteiger partial charge in [-0.25, -0.2) is 4.98 Å². The molecule has 0 radical (unpaired) electrons. The summed E-state index contributed by atoms with van der Waals surface area (Å²) in [5, 5.41) is 3.50. The van der Waals surface area contributed by atoms with Crippen molar-refractivity contribution in [3.63, 3.8) is 0 Å². The topological polar surface area (TPSA) is 34.1 Å². The maximum atomic E-state index is 5.55. The number of rotatable bonds is 4. The molecule has 1 aromatic heterocycles. The Balaban J connectivity index is 2.01. The highest BCUT2D eigenvalue weighted by Crippen LogP contribution is 2.26. The molecule has 0 amide bonds. The molecule has 0 spiro atoms. The van der Waals surface area contributed by atoms with E-state index in [1.807, 2.05) is 25.3 Å². The molecule has 1 aliphatic carbocycles. The fraction of sp³-hybridized carbons (Fsp3) is 0.615. The van der Waals surface area contributed by atoms with Gasteiger partial charge in [0.1, 0.15) is 0 Å². The number of hydrogen-bond acceptors (Lipinski definition) is 3. The second-order valence-electron chi connectivity index (χ2n) is 4.26. The molecule has 1 aliphatic rings. The standard InChI is InChI=1S/C13H20N2O/c1-2-16-12-9-6-10-14-13(12)15-11-7-4-3-5-8-11/h6,9-11H,2-5,7-8H2,1H3,(H,14,15). The van der Waals surface area contributed by atoms with E-state index in [0.717, 1.165) is 11.6 Å². The molecule has 1 fully saturated rings. The highest BCUT2D eigenvalue weighted by molar-refractivity contribution is 5.50. The number of hydrogen-bond donors (Lipinski definition) is 1. The molecule has 2 rings (SSSR count). The maximum absolute atomic E-state index is 5.55. The van der Waals surface area contributed by atoms with Crippen LogP contribution in [-0.4, -0.2) is 17.6 Å². The predicted molar refractivity (Wildman–Crippen MR) is 65.9 cm³/mol. The lowest BCUT2D eigenvalue weighted by Crippen LogP contribution is -2.23. The quantitative estimate of drug-likeness (QED) is 0.846. The summed E-state index contributed by atoms with van der Waals surface area (Å²) >= 11 is 0. The van der Waals surface area contributed by atoms with Gasteiger partial charge in [-0.2, -0.15) is 0 Å². The van der Waals surface area contributed by atoms with Crippen molar-refractivity contribution in [2.75, 3.05) is 11.9 Å². The van der Waals surface area contributed by atoms with Crippen LogP contribution in [0.1, 0.15) is 39.0 Å². The Kier molecular flexibility index (Phi) is 4.03. The first-order valence-electron chi connectivity index (χ1n) is 6.24. The van der Waals surface area contributed by atoms with E-state index < -0.39 is 0 Å². The molecule has 0 aliphatic heterocycles. The zero-order chi connectivity index (χ0) is 11.2. The highest BCUT2D eigenvalue weighted by Gasteiger charge is 2.15. The molecule has 0 saturated heterocycles. The van der Waals surface area contributed by atoms with Gasteiger partial charge in [-0.1, -0.05) is 19.3 Å². The second-order valence-corrected chi connectivity index (χ2v) is 4.26. The van der Waals surface area contributed by atoms with Crippen molar-refractivity contribution in [3.05, 3.63) is 18.3 Å². The number of nitrogens with zero attached hydrogens (tertiary/aromatic N) is 1. The van der Waals surface area contributed by atoms with E-state index in [-0.39, 0.29) is 0 Å². The van der Waals surface area contributed by atoms with Crippen LogP contribution in [0.3, 0.4) is 0 Å². The summed E-state index contributed by atoms with van der Waals surface area (Å²) < 4.78 is 5.55. The van der Waals surface area contributed by atoms with Crippen molar-refractivity contribution in [2.45, 2.75) is 45.1 Å². The number of ether oxygens (including phenoxy) is 1. The van der Waals surface area contributed by atoms with Gasteiger partial charge in [0.15, 0.2) is 11.6 Å². The maximum Gasteiger partial charge on any atom is 0.168 e. The lowest BCUT2D eigenvalue weighted by molar-refractivity contribution is 0.339. The van der Waals surface area contributed by atoms with E-state index >= 15 is 0 Å². The minimum absolute atomic E-state index is 0.572. The Hall–Kier alpha value is -1.25. The van der Waals surface area contributed by atoms with E-state index in [1.165, 1.54) is 32.1 Å². The molecule has 1 saturated carbocycles. The first kappa shape index (κ1) is 11.2.